The Bertz CT molecular complexity index is 1050. The third kappa shape index (κ3) is 5.92. The first-order valence-electron chi connectivity index (χ1n) is 9.67. The molecule has 0 unspecified atom stereocenters. The molecule has 0 aromatic heterocycles. The average Bonchev–Trinajstić information content (AvgIpc) is 3.13. The van der Waals surface area contributed by atoms with Gasteiger partial charge in [0, 0.05) is 28.3 Å². The molecule has 0 saturated carbocycles. The van der Waals surface area contributed by atoms with Gasteiger partial charge in [0.2, 0.25) is 5.91 Å². The summed E-state index contributed by atoms with van der Waals surface area (Å²) in [5, 5.41) is 4.07. The van der Waals surface area contributed by atoms with Gasteiger partial charge in [0.15, 0.2) is 12.4 Å². The summed E-state index contributed by atoms with van der Waals surface area (Å²) in [5.41, 5.74) is 3.71. The SMILES string of the molecule is CC(=O)c1ccc(NC(=O)COC(=O)[C@@H]2CC(=O)N(NC(=O)c3ccc(Cl)cc3)C2)cc1. The molecule has 1 aliphatic heterocycles. The van der Waals surface area contributed by atoms with Crippen molar-refractivity contribution in [1.82, 2.24) is 10.4 Å². The monoisotopic (exact) mass is 457 g/mol. The van der Waals surface area contributed by atoms with E-state index in [0.717, 1.165) is 5.01 Å². The quantitative estimate of drug-likeness (QED) is 0.485. The van der Waals surface area contributed by atoms with Crippen LogP contribution >= 0.6 is 11.6 Å². The number of halogens is 1. The predicted octanol–water partition coefficient (Wildman–Crippen LogP) is 2.22. The van der Waals surface area contributed by atoms with Crippen LogP contribution in [0.5, 0.6) is 0 Å². The number of benzene rings is 2. The maximum absolute atomic E-state index is 12.3. The Labute approximate surface area is 188 Å². The van der Waals surface area contributed by atoms with Gasteiger partial charge in [-0.05, 0) is 55.5 Å². The largest absolute Gasteiger partial charge is 0.455 e. The van der Waals surface area contributed by atoms with E-state index >= 15 is 0 Å². The number of ketones is 1. The second kappa shape index (κ2) is 10.1. The van der Waals surface area contributed by atoms with Crippen LogP contribution in [-0.2, 0) is 19.1 Å². The number of rotatable bonds is 7. The number of anilines is 1. The lowest BCUT2D eigenvalue weighted by atomic mass is 10.1. The van der Waals surface area contributed by atoms with Gasteiger partial charge < -0.3 is 10.1 Å². The molecule has 2 aromatic carbocycles. The first-order chi connectivity index (χ1) is 15.2. The summed E-state index contributed by atoms with van der Waals surface area (Å²) in [6.45, 7) is 0.839. The van der Waals surface area contributed by atoms with E-state index in [4.69, 9.17) is 16.3 Å². The van der Waals surface area contributed by atoms with Crippen molar-refractivity contribution < 1.29 is 28.7 Å². The highest BCUT2D eigenvalue weighted by atomic mass is 35.5. The molecule has 1 saturated heterocycles. The minimum Gasteiger partial charge on any atom is -0.455 e. The molecule has 3 amide bonds. The Kier molecular flexibility index (Phi) is 7.21. The second-order valence-electron chi connectivity index (χ2n) is 7.14. The van der Waals surface area contributed by atoms with Crippen LogP contribution in [0.25, 0.3) is 0 Å². The number of ether oxygens (including phenoxy) is 1. The van der Waals surface area contributed by atoms with Gasteiger partial charge in [-0.25, -0.2) is 0 Å². The summed E-state index contributed by atoms with van der Waals surface area (Å²) in [6, 6.07) is 12.4. The third-order valence-corrected chi connectivity index (χ3v) is 4.97. The number of Topliss-reactive ketones (excluding diaryl/α,β-unsaturated/α-hetero) is 1. The molecule has 10 heteroatoms. The highest BCUT2D eigenvalue weighted by molar-refractivity contribution is 6.30. The molecule has 1 fully saturated rings. The van der Waals surface area contributed by atoms with Crippen molar-refractivity contribution in [3.05, 3.63) is 64.7 Å². The number of esters is 1. The number of nitrogens with one attached hydrogen (secondary N) is 2. The van der Waals surface area contributed by atoms with Gasteiger partial charge in [-0.1, -0.05) is 11.6 Å². The third-order valence-electron chi connectivity index (χ3n) is 4.72. The summed E-state index contributed by atoms with van der Waals surface area (Å²) in [4.78, 5) is 59.9. The maximum Gasteiger partial charge on any atom is 0.311 e. The van der Waals surface area contributed by atoms with Crippen LogP contribution in [0.4, 0.5) is 5.69 Å². The lowest BCUT2D eigenvalue weighted by Crippen LogP contribution is -2.43. The minimum atomic E-state index is -0.810. The van der Waals surface area contributed by atoms with Gasteiger partial charge in [-0.3, -0.25) is 34.4 Å². The van der Waals surface area contributed by atoms with Crippen LogP contribution in [0.3, 0.4) is 0 Å². The van der Waals surface area contributed by atoms with Gasteiger partial charge >= 0.3 is 5.97 Å². The van der Waals surface area contributed by atoms with E-state index in [9.17, 15) is 24.0 Å². The molecule has 1 aliphatic rings. The molecule has 0 bridgehead atoms. The predicted molar refractivity (Wildman–Crippen MR) is 115 cm³/mol. The molecule has 0 aliphatic carbocycles. The van der Waals surface area contributed by atoms with E-state index in [2.05, 4.69) is 10.7 Å². The summed E-state index contributed by atoms with van der Waals surface area (Å²) >= 11 is 5.79. The molecule has 32 heavy (non-hydrogen) atoms. The van der Waals surface area contributed by atoms with Crippen LogP contribution in [0, 0.1) is 5.92 Å². The summed E-state index contributed by atoms with van der Waals surface area (Å²) in [7, 11) is 0. The van der Waals surface area contributed by atoms with Crippen molar-refractivity contribution in [2.75, 3.05) is 18.5 Å². The molecule has 2 N–H and O–H groups in total. The van der Waals surface area contributed by atoms with Crippen LogP contribution in [0.1, 0.15) is 34.1 Å². The zero-order valence-electron chi connectivity index (χ0n) is 17.1. The Morgan fingerprint density at radius 1 is 1.03 bits per heavy atom. The van der Waals surface area contributed by atoms with E-state index in [-0.39, 0.29) is 18.7 Å². The van der Waals surface area contributed by atoms with Gasteiger partial charge in [0.1, 0.15) is 0 Å². The topological polar surface area (TPSA) is 122 Å². The lowest BCUT2D eigenvalue weighted by molar-refractivity contribution is -0.151. The summed E-state index contributed by atoms with van der Waals surface area (Å²) < 4.78 is 5.01. The van der Waals surface area contributed by atoms with E-state index < -0.39 is 36.2 Å². The van der Waals surface area contributed by atoms with E-state index in [1.165, 1.54) is 19.1 Å². The number of hydrogen-bond acceptors (Lipinski definition) is 6. The van der Waals surface area contributed by atoms with Crippen molar-refractivity contribution in [3.63, 3.8) is 0 Å². The fraction of sp³-hybridized carbons (Fsp3) is 0.227. The zero-order valence-corrected chi connectivity index (χ0v) is 17.8. The van der Waals surface area contributed by atoms with Crippen molar-refractivity contribution >= 4 is 46.8 Å². The normalized spacial score (nSPS) is 15.2. The van der Waals surface area contributed by atoms with Crippen LogP contribution in [-0.4, -0.2) is 47.6 Å². The van der Waals surface area contributed by atoms with E-state index in [0.29, 0.717) is 21.8 Å². The molecular formula is C22H20ClN3O6. The number of carbonyl (C=O) groups is 5. The lowest BCUT2D eigenvalue weighted by Gasteiger charge is -2.17. The van der Waals surface area contributed by atoms with Gasteiger partial charge in [0.05, 0.1) is 12.5 Å². The molecule has 0 spiro atoms. The summed E-state index contributed by atoms with van der Waals surface area (Å²) in [5.74, 6) is -3.14. The zero-order chi connectivity index (χ0) is 23.3. The van der Waals surface area contributed by atoms with Gasteiger partial charge in [0.25, 0.3) is 11.8 Å². The van der Waals surface area contributed by atoms with Gasteiger partial charge in [-0.15, -0.1) is 0 Å². The molecule has 3 rings (SSSR count). The Balaban J connectivity index is 1.46. The van der Waals surface area contributed by atoms with Crippen LogP contribution in [0.2, 0.25) is 5.02 Å². The Morgan fingerprint density at radius 2 is 1.66 bits per heavy atom. The number of carbonyl (C=O) groups excluding carboxylic acids is 5. The summed E-state index contributed by atoms with van der Waals surface area (Å²) in [6.07, 6.45) is -0.145. The van der Waals surface area contributed by atoms with E-state index in [1.54, 1.807) is 36.4 Å². The maximum atomic E-state index is 12.3. The Morgan fingerprint density at radius 3 is 2.28 bits per heavy atom. The Hall–Kier alpha value is -3.72. The standard InChI is InChI=1S/C22H20ClN3O6/c1-13(27)14-4-8-18(9-5-14)24-19(28)12-32-22(31)16-10-20(29)26(11-16)25-21(30)15-2-6-17(23)7-3-15/h2-9,16H,10-12H2,1H3,(H,24,28)(H,25,30)/t16-/m1/s1. The first-order valence-corrected chi connectivity index (χ1v) is 10.0. The fourth-order valence-electron chi connectivity index (χ4n) is 3.00. The molecule has 1 atom stereocenters. The van der Waals surface area contributed by atoms with Crippen molar-refractivity contribution in [1.29, 1.82) is 0 Å². The van der Waals surface area contributed by atoms with Crippen LogP contribution < -0.4 is 10.7 Å². The first kappa shape index (κ1) is 23.0. The number of hydrazine groups is 1. The molecule has 9 nitrogen and oxygen atoms in total. The molecular weight excluding hydrogens is 438 g/mol. The molecule has 1 heterocycles. The molecule has 166 valence electrons. The highest BCUT2D eigenvalue weighted by Gasteiger charge is 2.36. The van der Waals surface area contributed by atoms with Gasteiger partial charge in [-0.2, -0.15) is 0 Å². The van der Waals surface area contributed by atoms with Crippen molar-refractivity contribution in [3.8, 4) is 0 Å². The molecule has 0 radical (unpaired) electrons. The minimum absolute atomic E-state index is 0.0644. The van der Waals surface area contributed by atoms with Crippen molar-refractivity contribution in [2.45, 2.75) is 13.3 Å². The second-order valence-corrected chi connectivity index (χ2v) is 7.58. The number of nitrogens with zero attached hydrogens (tertiary/aromatic N) is 1. The van der Waals surface area contributed by atoms with Crippen LogP contribution in [0.15, 0.2) is 48.5 Å². The highest BCUT2D eigenvalue weighted by Crippen LogP contribution is 2.18. The fourth-order valence-corrected chi connectivity index (χ4v) is 3.13. The molecule has 2 aromatic rings. The number of hydrogen-bond donors (Lipinski definition) is 2. The average molecular weight is 458 g/mol. The smallest absolute Gasteiger partial charge is 0.311 e. The number of amides is 3. The van der Waals surface area contributed by atoms with E-state index in [1.807, 2.05) is 0 Å². The van der Waals surface area contributed by atoms with Crippen molar-refractivity contribution in [2.24, 2.45) is 5.92 Å².